The van der Waals surface area contributed by atoms with Gasteiger partial charge in [-0.3, -0.25) is 4.79 Å². The average molecular weight is 403 g/mol. The highest BCUT2D eigenvalue weighted by atomic mass is 32.1. The number of carbonyl (C=O) groups is 1. The molecule has 0 bridgehead atoms. The van der Waals surface area contributed by atoms with Gasteiger partial charge in [0, 0.05) is 11.9 Å². The van der Waals surface area contributed by atoms with Crippen molar-refractivity contribution in [3.05, 3.63) is 88.7 Å². The lowest BCUT2D eigenvalue weighted by Crippen LogP contribution is -2.32. The van der Waals surface area contributed by atoms with Crippen LogP contribution in [0.4, 0.5) is 0 Å². The molecule has 4 N–H and O–H groups in total. The van der Waals surface area contributed by atoms with Crippen molar-refractivity contribution < 1.29 is 9.53 Å². The minimum Gasteiger partial charge on any atom is -0.494 e. The fraction of sp³-hybridized carbons (Fsp3) is 0.0952. The lowest BCUT2D eigenvalue weighted by atomic mass is 10.1. The number of rotatable bonds is 5. The number of amidine groups is 1. The Kier molecular flexibility index (Phi) is 4.25. The first-order chi connectivity index (χ1) is 14.2. The van der Waals surface area contributed by atoms with Crippen molar-refractivity contribution in [3.63, 3.8) is 0 Å². The van der Waals surface area contributed by atoms with Crippen molar-refractivity contribution in [2.24, 2.45) is 10.7 Å². The summed E-state index contributed by atoms with van der Waals surface area (Å²) in [6.45, 7) is 1.10. The van der Waals surface area contributed by atoms with E-state index in [1.165, 1.54) is 11.5 Å². The molecule has 2 aliphatic heterocycles. The maximum absolute atomic E-state index is 11.7. The Morgan fingerprint density at radius 1 is 1.21 bits per heavy atom. The Bertz CT molecular complexity index is 1210. The van der Waals surface area contributed by atoms with Gasteiger partial charge in [-0.05, 0) is 23.2 Å². The fourth-order valence-corrected chi connectivity index (χ4v) is 4.26. The van der Waals surface area contributed by atoms with Crippen LogP contribution < -0.4 is 16.4 Å². The topological polar surface area (TPSA) is 102 Å². The Hall–Kier alpha value is -3.65. The lowest BCUT2D eigenvalue weighted by Gasteiger charge is -2.19. The Morgan fingerprint density at radius 3 is 2.90 bits per heavy atom. The zero-order valence-electron chi connectivity index (χ0n) is 15.3. The van der Waals surface area contributed by atoms with Crippen molar-refractivity contribution >= 4 is 33.4 Å². The molecule has 8 heteroatoms. The molecule has 3 aromatic rings. The molecule has 0 saturated heterocycles. The molecule has 5 rings (SSSR count). The summed E-state index contributed by atoms with van der Waals surface area (Å²) in [5.74, 6) is 0.885. The fourth-order valence-electron chi connectivity index (χ4n) is 3.36. The van der Waals surface area contributed by atoms with Gasteiger partial charge in [-0.25, -0.2) is 4.99 Å². The van der Waals surface area contributed by atoms with Gasteiger partial charge in [-0.15, -0.1) is 0 Å². The van der Waals surface area contributed by atoms with E-state index >= 15 is 0 Å². The number of benzene rings is 2. The molecule has 2 aromatic carbocycles. The molecule has 1 amide bonds. The van der Waals surface area contributed by atoms with Gasteiger partial charge in [-0.2, -0.15) is 4.37 Å². The van der Waals surface area contributed by atoms with Gasteiger partial charge >= 0.3 is 0 Å². The number of ether oxygens (including phenoxy) is 1. The van der Waals surface area contributed by atoms with Crippen molar-refractivity contribution in [2.45, 2.75) is 6.54 Å². The van der Waals surface area contributed by atoms with Gasteiger partial charge < -0.3 is 21.1 Å². The molecule has 0 atom stereocenters. The Morgan fingerprint density at radius 2 is 2.07 bits per heavy atom. The maximum atomic E-state index is 11.7. The van der Waals surface area contributed by atoms with E-state index in [4.69, 9.17) is 15.5 Å². The number of hydrogen-bond acceptors (Lipinski definition) is 7. The summed E-state index contributed by atoms with van der Waals surface area (Å²) in [7, 11) is 0. The van der Waals surface area contributed by atoms with E-state index in [-0.39, 0.29) is 0 Å². The second-order valence-electron chi connectivity index (χ2n) is 6.67. The number of amides is 1. The van der Waals surface area contributed by atoms with Gasteiger partial charge in [0.1, 0.15) is 24.4 Å². The number of aromatic nitrogens is 1. The SMILES string of the molecule is NC(=O)c1cccc2c(C3=NC(NCc4ccccc4)=C4COC=C4N3)nsc12. The molecular weight excluding hydrogens is 386 g/mol. The molecule has 0 unspecified atom stereocenters. The minimum atomic E-state index is -0.469. The number of carbonyl (C=O) groups excluding carboxylic acids is 1. The smallest absolute Gasteiger partial charge is 0.250 e. The molecule has 0 aliphatic carbocycles. The van der Waals surface area contributed by atoms with Gasteiger partial charge in [0.15, 0.2) is 5.84 Å². The maximum Gasteiger partial charge on any atom is 0.250 e. The number of aliphatic imine (C=N–C) groups is 1. The summed E-state index contributed by atoms with van der Waals surface area (Å²) in [5, 5.41) is 7.55. The first-order valence-corrected chi connectivity index (χ1v) is 9.85. The number of nitrogens with zero attached hydrogens (tertiary/aromatic N) is 2. The van der Waals surface area contributed by atoms with Crippen LogP contribution in [0.25, 0.3) is 10.1 Å². The van der Waals surface area contributed by atoms with E-state index < -0.39 is 5.91 Å². The molecule has 0 saturated carbocycles. The Balaban J connectivity index is 1.53. The normalized spacial score (nSPS) is 15.3. The monoisotopic (exact) mass is 403 g/mol. The predicted molar refractivity (Wildman–Crippen MR) is 112 cm³/mol. The quantitative estimate of drug-likeness (QED) is 0.608. The zero-order chi connectivity index (χ0) is 19.8. The predicted octanol–water partition coefficient (Wildman–Crippen LogP) is 2.62. The van der Waals surface area contributed by atoms with Crippen LogP contribution in [0.2, 0.25) is 0 Å². The average Bonchev–Trinajstić information content (AvgIpc) is 3.39. The van der Waals surface area contributed by atoms with Crippen molar-refractivity contribution in [3.8, 4) is 0 Å². The third kappa shape index (κ3) is 3.13. The number of hydrogen-bond donors (Lipinski definition) is 3. The molecule has 7 nitrogen and oxygen atoms in total. The zero-order valence-corrected chi connectivity index (χ0v) is 16.1. The summed E-state index contributed by atoms with van der Waals surface area (Å²) in [6.07, 6.45) is 1.69. The highest BCUT2D eigenvalue weighted by Crippen LogP contribution is 2.30. The van der Waals surface area contributed by atoms with Gasteiger partial charge in [0.25, 0.3) is 0 Å². The van der Waals surface area contributed by atoms with Crippen LogP contribution in [0.15, 0.2) is 76.9 Å². The van der Waals surface area contributed by atoms with Crippen molar-refractivity contribution in [1.29, 1.82) is 0 Å². The third-order valence-electron chi connectivity index (χ3n) is 4.81. The number of fused-ring (bicyclic) bond motifs is 2. The summed E-state index contributed by atoms with van der Waals surface area (Å²) in [4.78, 5) is 16.5. The first-order valence-electron chi connectivity index (χ1n) is 9.08. The van der Waals surface area contributed by atoms with Crippen LogP contribution in [0.3, 0.4) is 0 Å². The van der Waals surface area contributed by atoms with Crippen LogP contribution in [0.5, 0.6) is 0 Å². The molecule has 3 heterocycles. The first kappa shape index (κ1) is 17.4. The highest BCUT2D eigenvalue weighted by Gasteiger charge is 2.27. The summed E-state index contributed by atoms with van der Waals surface area (Å²) < 4.78 is 10.8. The van der Waals surface area contributed by atoms with Crippen molar-refractivity contribution in [2.75, 3.05) is 6.61 Å². The van der Waals surface area contributed by atoms with E-state index in [0.717, 1.165) is 32.7 Å². The van der Waals surface area contributed by atoms with Crippen LogP contribution in [-0.2, 0) is 11.3 Å². The standard InChI is InChI=1S/C21H17N5O2S/c22-19(27)14-8-4-7-13-17(26-29-18(13)14)21-24-16-11-28-10-15(16)20(25-21)23-9-12-5-2-1-3-6-12/h1-8,11,23H,9-10H2,(H2,22,27)(H,24,25). The second-order valence-corrected chi connectivity index (χ2v) is 7.45. The molecule has 2 aliphatic rings. The second kappa shape index (κ2) is 7.06. The lowest BCUT2D eigenvalue weighted by molar-refractivity contribution is 0.100. The molecule has 1 aromatic heterocycles. The summed E-state index contributed by atoms with van der Waals surface area (Å²) >= 11 is 1.24. The van der Waals surface area contributed by atoms with Crippen LogP contribution in [0.1, 0.15) is 21.6 Å². The van der Waals surface area contributed by atoms with Crippen LogP contribution in [0, 0.1) is 0 Å². The van der Waals surface area contributed by atoms with E-state index in [9.17, 15) is 4.79 Å². The van der Waals surface area contributed by atoms with E-state index in [0.29, 0.717) is 30.2 Å². The van der Waals surface area contributed by atoms with E-state index in [1.54, 1.807) is 18.4 Å². The van der Waals surface area contributed by atoms with Crippen LogP contribution >= 0.6 is 11.5 Å². The molecule has 0 spiro atoms. The highest BCUT2D eigenvalue weighted by molar-refractivity contribution is 7.14. The van der Waals surface area contributed by atoms with Gasteiger partial charge in [-0.1, -0.05) is 42.5 Å². The van der Waals surface area contributed by atoms with E-state index in [1.807, 2.05) is 24.3 Å². The molecule has 0 fully saturated rings. The largest absolute Gasteiger partial charge is 0.494 e. The summed E-state index contributed by atoms with van der Waals surface area (Å²) in [6, 6.07) is 15.6. The number of nitrogens with two attached hydrogens (primary N) is 1. The molecule has 29 heavy (non-hydrogen) atoms. The third-order valence-corrected chi connectivity index (χ3v) is 5.70. The minimum absolute atomic E-state index is 0.458. The molecule has 144 valence electrons. The molecule has 0 radical (unpaired) electrons. The molecular formula is C21H17N5O2S. The number of primary amides is 1. The van der Waals surface area contributed by atoms with Gasteiger partial charge in [0.2, 0.25) is 5.91 Å². The van der Waals surface area contributed by atoms with Crippen LogP contribution in [-0.4, -0.2) is 22.7 Å². The van der Waals surface area contributed by atoms with Gasteiger partial charge in [0.05, 0.1) is 21.5 Å². The van der Waals surface area contributed by atoms with Crippen molar-refractivity contribution in [1.82, 2.24) is 15.0 Å². The number of nitrogens with one attached hydrogen (secondary N) is 2. The Labute approximate surface area is 170 Å². The summed E-state index contributed by atoms with van der Waals surface area (Å²) in [5.41, 5.74) is 9.64. The van der Waals surface area contributed by atoms with E-state index in [2.05, 4.69) is 27.1 Å².